The molecule has 1 fully saturated rings. The smallest absolute Gasteiger partial charge is 0.0148 e. The van der Waals surface area contributed by atoms with E-state index in [4.69, 9.17) is 0 Å². The van der Waals surface area contributed by atoms with Gasteiger partial charge in [0.15, 0.2) is 0 Å². The maximum absolute atomic E-state index is 3.98. The van der Waals surface area contributed by atoms with Gasteiger partial charge in [-0.25, -0.2) is 0 Å². The monoisotopic (exact) mass is 348 g/mol. The average Bonchev–Trinajstić information content (AvgIpc) is 3.39. The summed E-state index contributed by atoms with van der Waals surface area (Å²) in [5.41, 5.74) is 2.59. The van der Waals surface area contributed by atoms with E-state index in [-0.39, 0.29) is 5.48 Å². The summed E-state index contributed by atoms with van der Waals surface area (Å²) >= 11 is 0. The molecule has 0 aromatic heterocycles. The molecular weight excluding hydrogens is 304 g/mol. The average molecular weight is 349 g/mol. The topological polar surface area (TPSA) is 30.0 Å². The molecule has 2 unspecified atom stereocenters. The maximum atomic E-state index is 3.98. The molecule has 1 N–H and O–H groups in total. The fourth-order valence-electron chi connectivity index (χ4n) is 1.97. The molecule has 1 saturated carbocycles. The molecule has 2 aliphatic rings. The molecule has 1 heteroatoms. The summed E-state index contributed by atoms with van der Waals surface area (Å²) in [5.74, 6) is 1.72. The number of fused-ring (bicyclic) bond motifs is 1. The van der Waals surface area contributed by atoms with Gasteiger partial charge >= 0.3 is 0 Å². The van der Waals surface area contributed by atoms with Crippen LogP contribution in [0.5, 0.6) is 0 Å². The molecule has 0 saturated heterocycles. The molecule has 2 radical (unpaired) electrons. The molecule has 2 rings (SSSR count). The fourth-order valence-corrected chi connectivity index (χ4v) is 1.97. The fraction of sp³-hybridized carbons (Fsp3) is 0.542. The maximum Gasteiger partial charge on any atom is 0.0148 e. The summed E-state index contributed by atoms with van der Waals surface area (Å²) in [6.45, 7) is 25.8. The standard InChI is InChI=1S/C12H15.C5H12.C3H6.C2H6.C2H4.HO/c1-3-9(2)6-10-4-5-11-8-12(11)7-10;1-3-5-4-2;1-3-2;2*1-2;/h4-7,11-12H,2-3,8H2,1H3;3-5H2,1-2H3;3H,1H2,2H3;1-2H3;1-2H2;1H. The van der Waals surface area contributed by atoms with Crippen molar-refractivity contribution in [3.63, 3.8) is 0 Å². The molecule has 0 aromatic rings. The SMILES string of the molecule is C=C.C=C([CH]C1=CC2CC2C=C1)CC.C=CC.CC.CCCCC.[OH]. The van der Waals surface area contributed by atoms with Crippen molar-refractivity contribution in [1.29, 1.82) is 0 Å². The number of allylic oxidation sites excluding steroid dienone is 6. The largest absolute Gasteiger partial charge is 0.255 e. The Morgan fingerprint density at radius 2 is 1.60 bits per heavy atom. The number of hydrogen-bond acceptors (Lipinski definition) is 0. The lowest BCUT2D eigenvalue weighted by Crippen LogP contribution is -1.90. The number of rotatable bonds is 5. The van der Waals surface area contributed by atoms with Crippen molar-refractivity contribution in [3.8, 4) is 0 Å². The minimum absolute atomic E-state index is 0. The van der Waals surface area contributed by atoms with Crippen molar-refractivity contribution < 1.29 is 5.48 Å². The van der Waals surface area contributed by atoms with E-state index < -0.39 is 0 Å². The second-order valence-electron chi connectivity index (χ2n) is 5.51. The highest BCUT2D eigenvalue weighted by atomic mass is 16.0. The molecule has 146 valence electrons. The Morgan fingerprint density at radius 3 is 1.92 bits per heavy atom. The van der Waals surface area contributed by atoms with Gasteiger partial charge in [0.2, 0.25) is 0 Å². The van der Waals surface area contributed by atoms with Crippen LogP contribution in [0.4, 0.5) is 0 Å². The molecule has 25 heavy (non-hydrogen) atoms. The zero-order valence-corrected chi connectivity index (χ0v) is 17.9. The number of unbranched alkanes of at least 4 members (excludes halogenated alkanes) is 2. The summed E-state index contributed by atoms with van der Waals surface area (Å²) in [7, 11) is 0. The Kier molecular flexibility index (Phi) is 31.3. The van der Waals surface area contributed by atoms with Gasteiger partial charge in [0.1, 0.15) is 0 Å². The van der Waals surface area contributed by atoms with Crippen molar-refractivity contribution >= 4 is 0 Å². The van der Waals surface area contributed by atoms with Crippen LogP contribution >= 0.6 is 0 Å². The van der Waals surface area contributed by atoms with Gasteiger partial charge in [-0.1, -0.05) is 90.3 Å². The van der Waals surface area contributed by atoms with Crippen LogP contribution in [0.15, 0.2) is 61.8 Å². The zero-order valence-electron chi connectivity index (χ0n) is 17.9. The highest BCUT2D eigenvalue weighted by molar-refractivity contribution is 5.41. The van der Waals surface area contributed by atoms with Crippen molar-refractivity contribution in [2.24, 2.45) is 11.8 Å². The van der Waals surface area contributed by atoms with E-state index in [9.17, 15) is 0 Å². The van der Waals surface area contributed by atoms with Gasteiger partial charge in [0, 0.05) is 6.42 Å². The molecule has 1 nitrogen and oxygen atoms in total. The minimum Gasteiger partial charge on any atom is -0.255 e. The molecule has 2 atom stereocenters. The highest BCUT2D eigenvalue weighted by Gasteiger charge is 2.34. The Bertz CT molecular complexity index is 347. The summed E-state index contributed by atoms with van der Waals surface area (Å²) < 4.78 is 0. The first kappa shape index (κ1) is 31.4. The molecular formula is C24H44O. The Hall–Kier alpha value is -1.34. The van der Waals surface area contributed by atoms with E-state index in [0.29, 0.717) is 0 Å². The lowest BCUT2D eigenvalue weighted by atomic mass is 9.99. The first-order chi connectivity index (χ1) is 11.6. The van der Waals surface area contributed by atoms with Gasteiger partial charge in [-0.2, -0.15) is 0 Å². The summed E-state index contributed by atoms with van der Waals surface area (Å²) in [6, 6.07) is 0. The predicted molar refractivity (Wildman–Crippen MR) is 118 cm³/mol. The molecule has 0 spiro atoms. The summed E-state index contributed by atoms with van der Waals surface area (Å²) in [6.07, 6.45) is 17.4. The van der Waals surface area contributed by atoms with Crippen LogP contribution in [0.3, 0.4) is 0 Å². The van der Waals surface area contributed by atoms with Gasteiger partial charge in [-0.3, -0.25) is 5.48 Å². The Morgan fingerprint density at radius 1 is 1.12 bits per heavy atom. The molecule has 0 aromatic carbocycles. The van der Waals surface area contributed by atoms with Crippen molar-refractivity contribution in [3.05, 3.63) is 68.2 Å². The van der Waals surface area contributed by atoms with Crippen LogP contribution in [0.25, 0.3) is 0 Å². The van der Waals surface area contributed by atoms with Gasteiger partial charge in [0.25, 0.3) is 0 Å². The normalized spacial score (nSPS) is 17.4. The Labute approximate surface area is 159 Å². The van der Waals surface area contributed by atoms with Crippen LogP contribution in [-0.2, 0) is 0 Å². The molecule has 0 aliphatic heterocycles. The molecule has 2 aliphatic carbocycles. The van der Waals surface area contributed by atoms with Gasteiger partial charge in [-0.15, -0.1) is 19.7 Å². The summed E-state index contributed by atoms with van der Waals surface area (Å²) in [5, 5.41) is 0. The predicted octanol–water partition coefficient (Wildman–Crippen LogP) is 8.33. The molecule has 0 amide bonds. The van der Waals surface area contributed by atoms with Gasteiger partial charge < -0.3 is 0 Å². The lowest BCUT2D eigenvalue weighted by molar-refractivity contribution is 0.772. The van der Waals surface area contributed by atoms with Crippen molar-refractivity contribution in [2.45, 2.75) is 73.6 Å². The highest BCUT2D eigenvalue weighted by Crippen LogP contribution is 2.44. The van der Waals surface area contributed by atoms with E-state index in [1.807, 2.05) is 20.8 Å². The van der Waals surface area contributed by atoms with Crippen LogP contribution in [0, 0.1) is 18.3 Å². The second kappa shape index (κ2) is 24.9. The van der Waals surface area contributed by atoms with Crippen LogP contribution < -0.4 is 0 Å². The summed E-state index contributed by atoms with van der Waals surface area (Å²) in [4.78, 5) is 0. The Balaban J connectivity index is -0.000000145. The second-order valence-corrected chi connectivity index (χ2v) is 5.51. The van der Waals surface area contributed by atoms with Gasteiger partial charge in [0.05, 0.1) is 0 Å². The van der Waals surface area contributed by atoms with E-state index in [0.717, 1.165) is 18.3 Å². The quantitative estimate of drug-likeness (QED) is 0.484. The number of hydrogen-bond donors (Lipinski definition) is 1. The minimum atomic E-state index is 0. The third-order valence-electron chi connectivity index (χ3n) is 3.37. The van der Waals surface area contributed by atoms with Gasteiger partial charge in [-0.05, 0) is 37.2 Å². The lowest BCUT2D eigenvalue weighted by Gasteiger charge is -2.06. The van der Waals surface area contributed by atoms with Crippen LogP contribution in [0.2, 0.25) is 0 Å². The van der Waals surface area contributed by atoms with Crippen LogP contribution in [-0.4, -0.2) is 5.48 Å². The van der Waals surface area contributed by atoms with Crippen molar-refractivity contribution in [2.75, 3.05) is 0 Å². The van der Waals surface area contributed by atoms with Crippen molar-refractivity contribution in [1.82, 2.24) is 0 Å². The van der Waals surface area contributed by atoms with Crippen LogP contribution in [0.1, 0.15) is 73.6 Å². The van der Waals surface area contributed by atoms with E-state index in [2.05, 4.69) is 71.7 Å². The molecule has 0 heterocycles. The zero-order chi connectivity index (χ0) is 19.4. The first-order valence-corrected chi connectivity index (χ1v) is 9.62. The van der Waals surface area contributed by atoms with E-state index in [1.165, 1.54) is 36.8 Å². The first-order valence-electron chi connectivity index (χ1n) is 9.62. The molecule has 0 bridgehead atoms. The third kappa shape index (κ3) is 20.6. The third-order valence-corrected chi connectivity index (χ3v) is 3.37. The van der Waals surface area contributed by atoms with E-state index in [1.54, 1.807) is 6.08 Å². The van der Waals surface area contributed by atoms with E-state index >= 15 is 0 Å².